The van der Waals surface area contributed by atoms with Gasteiger partial charge in [-0.05, 0) is 16.1 Å². The molecule has 1 aromatic carbocycles. The molecule has 0 unspecified atom stereocenters. The predicted octanol–water partition coefficient (Wildman–Crippen LogP) is 1.50. The van der Waals surface area contributed by atoms with Crippen LogP contribution in [-0.2, 0) is 26.6 Å². The Morgan fingerprint density at radius 3 is 2.85 bits per heavy atom. The van der Waals surface area contributed by atoms with Crippen LogP contribution in [0.1, 0.15) is 0 Å². The molecule has 2 amide bonds. The van der Waals surface area contributed by atoms with Gasteiger partial charge >= 0.3 is 12.2 Å². The number of anilines is 2. The Hall–Kier alpha value is -2.33. The number of amides is 2. The first-order valence-corrected chi connectivity index (χ1v) is 8.49. The van der Waals surface area contributed by atoms with Crippen molar-refractivity contribution in [2.75, 3.05) is 56.3 Å². The van der Waals surface area contributed by atoms with Gasteiger partial charge in [0.1, 0.15) is 5.82 Å². The van der Waals surface area contributed by atoms with E-state index in [2.05, 4.69) is 4.74 Å². The summed E-state index contributed by atoms with van der Waals surface area (Å²) in [4.78, 5) is 26.9. The van der Waals surface area contributed by atoms with Crippen LogP contribution in [0.2, 0.25) is 0 Å². The molecule has 0 aliphatic carbocycles. The van der Waals surface area contributed by atoms with Gasteiger partial charge < -0.3 is 19.1 Å². The summed E-state index contributed by atoms with van der Waals surface area (Å²) >= 11 is 4.91. The number of rotatable bonds is 4. The lowest BCUT2D eigenvalue weighted by atomic mass is 10.2. The van der Waals surface area contributed by atoms with Crippen molar-refractivity contribution in [3.8, 4) is 0 Å². The lowest BCUT2D eigenvalue weighted by Gasteiger charge is -2.32. The third-order valence-electron chi connectivity index (χ3n) is 4.21. The first kappa shape index (κ1) is 18.5. The number of halogens is 1. The minimum atomic E-state index is -0.700. The molecule has 1 atom stereocenters. The molecular formula is C16H19FN3O5S+. The van der Waals surface area contributed by atoms with Gasteiger partial charge in [-0.3, -0.25) is 4.90 Å². The Balaban J connectivity index is 1.81. The highest BCUT2D eigenvalue weighted by molar-refractivity contribution is 7.44. The Bertz CT molecular complexity index is 726. The van der Waals surface area contributed by atoms with Crippen molar-refractivity contribution in [1.82, 2.24) is 0 Å². The minimum Gasteiger partial charge on any atom is -0.437 e. The van der Waals surface area contributed by atoms with E-state index in [-0.39, 0.29) is 13.1 Å². The van der Waals surface area contributed by atoms with Crippen LogP contribution < -0.4 is 9.80 Å². The average molecular weight is 384 g/mol. The van der Waals surface area contributed by atoms with Crippen LogP contribution in [0.25, 0.3) is 0 Å². The van der Waals surface area contributed by atoms with E-state index < -0.39 is 24.1 Å². The average Bonchev–Trinajstić information content (AvgIpc) is 3.01. The molecule has 1 aromatic rings. The van der Waals surface area contributed by atoms with Gasteiger partial charge in [0.05, 0.1) is 38.2 Å². The molecule has 2 aliphatic heterocycles. The molecule has 140 valence electrons. The maximum atomic E-state index is 14.5. The van der Waals surface area contributed by atoms with E-state index in [9.17, 15) is 14.0 Å². The zero-order chi connectivity index (χ0) is 18.7. The molecule has 2 heterocycles. The highest BCUT2D eigenvalue weighted by Gasteiger charge is 2.39. The SMILES string of the molecule is COC(=O)[N+](=S)C[C@@H]1CN(c2cccc(F)c2N2CCOCC2)C(=O)O1. The first-order chi connectivity index (χ1) is 12.5. The zero-order valence-electron chi connectivity index (χ0n) is 14.2. The van der Waals surface area contributed by atoms with Crippen molar-refractivity contribution >= 4 is 36.0 Å². The van der Waals surface area contributed by atoms with Gasteiger partial charge in [-0.2, -0.15) is 4.79 Å². The molecular weight excluding hydrogens is 365 g/mol. The number of morpholine rings is 1. The van der Waals surface area contributed by atoms with Gasteiger partial charge in [-0.25, -0.2) is 9.18 Å². The number of carbonyl (C=O) groups is 2. The van der Waals surface area contributed by atoms with Gasteiger partial charge in [0, 0.05) is 13.1 Å². The number of hydrogen-bond acceptors (Lipinski definition) is 7. The number of benzene rings is 1. The second-order valence-corrected chi connectivity index (χ2v) is 6.30. The van der Waals surface area contributed by atoms with Gasteiger partial charge in [0.2, 0.25) is 6.54 Å². The fraction of sp³-hybridized carbons (Fsp3) is 0.500. The number of methoxy groups -OCH3 is 1. The van der Waals surface area contributed by atoms with Crippen LogP contribution in [-0.4, -0.2) is 68.7 Å². The summed E-state index contributed by atoms with van der Waals surface area (Å²) in [6, 6.07) is 4.57. The second-order valence-electron chi connectivity index (χ2n) is 5.85. The summed E-state index contributed by atoms with van der Waals surface area (Å²) in [6.45, 7) is 2.21. The minimum absolute atomic E-state index is 0.00640. The molecule has 10 heteroatoms. The Morgan fingerprint density at radius 1 is 1.42 bits per heavy atom. The Labute approximate surface area is 155 Å². The standard InChI is InChI=1S/C16H19FN3O5S/c1-23-16(22)20(26)10-11-9-19(15(21)25-11)13-4-2-3-12(17)14(13)18-5-7-24-8-6-18/h2-4,11H,5-10H2,1H3/q+1/t11-/m0/s1. The van der Waals surface area contributed by atoms with Crippen LogP contribution in [0.5, 0.6) is 0 Å². The van der Waals surface area contributed by atoms with E-state index in [1.165, 1.54) is 18.1 Å². The molecule has 0 spiro atoms. The third-order valence-corrected chi connectivity index (χ3v) is 4.50. The van der Waals surface area contributed by atoms with Gasteiger partial charge in [-0.15, -0.1) is 0 Å². The highest BCUT2D eigenvalue weighted by Crippen LogP contribution is 2.35. The van der Waals surface area contributed by atoms with Crippen molar-refractivity contribution in [1.29, 1.82) is 0 Å². The molecule has 3 rings (SSSR count). The second kappa shape index (κ2) is 7.92. The fourth-order valence-corrected chi connectivity index (χ4v) is 3.24. The number of nitrogens with zero attached hydrogens (tertiary/aromatic N) is 3. The maximum Gasteiger partial charge on any atom is 0.610 e. The molecule has 0 saturated carbocycles. The smallest absolute Gasteiger partial charge is 0.437 e. The largest absolute Gasteiger partial charge is 0.610 e. The van der Waals surface area contributed by atoms with E-state index in [1.54, 1.807) is 12.1 Å². The summed E-state index contributed by atoms with van der Waals surface area (Å²) in [6.07, 6.45) is -1.93. The molecule has 2 fully saturated rings. The third kappa shape index (κ3) is 3.75. The van der Waals surface area contributed by atoms with Gasteiger partial charge in [0.25, 0.3) is 12.4 Å². The van der Waals surface area contributed by atoms with Crippen LogP contribution in [0.15, 0.2) is 18.2 Å². The normalized spacial score (nSPS) is 20.1. The van der Waals surface area contributed by atoms with Crippen molar-refractivity contribution in [2.45, 2.75) is 6.10 Å². The monoisotopic (exact) mass is 384 g/mol. The highest BCUT2D eigenvalue weighted by atomic mass is 32.1. The molecule has 0 radical (unpaired) electrons. The van der Waals surface area contributed by atoms with Gasteiger partial charge in [0.15, 0.2) is 6.10 Å². The van der Waals surface area contributed by atoms with Crippen molar-refractivity contribution in [2.24, 2.45) is 0 Å². The molecule has 26 heavy (non-hydrogen) atoms. The summed E-state index contributed by atoms with van der Waals surface area (Å²) < 4.78 is 30.6. The maximum absolute atomic E-state index is 14.5. The number of ether oxygens (including phenoxy) is 3. The summed E-state index contributed by atoms with van der Waals surface area (Å²) in [5, 5.41) is 0. The van der Waals surface area contributed by atoms with Crippen LogP contribution in [0.3, 0.4) is 0 Å². The van der Waals surface area contributed by atoms with Crippen LogP contribution >= 0.6 is 0 Å². The quantitative estimate of drug-likeness (QED) is 0.729. The number of cyclic esters (lactones) is 1. The molecule has 0 N–H and O–H groups in total. The Kier molecular flexibility index (Phi) is 5.62. The molecule has 0 aromatic heterocycles. The summed E-state index contributed by atoms with van der Waals surface area (Å²) in [7, 11) is 1.22. The van der Waals surface area contributed by atoms with Crippen LogP contribution in [0, 0.1) is 5.82 Å². The van der Waals surface area contributed by atoms with Gasteiger partial charge in [-0.1, -0.05) is 6.07 Å². The topological polar surface area (TPSA) is 71.3 Å². The Morgan fingerprint density at radius 2 is 2.15 bits per heavy atom. The fourth-order valence-electron chi connectivity index (χ4n) is 3.00. The first-order valence-electron chi connectivity index (χ1n) is 8.13. The molecule has 8 nitrogen and oxygen atoms in total. The van der Waals surface area contributed by atoms with E-state index >= 15 is 0 Å². The summed E-state index contributed by atoms with van der Waals surface area (Å²) in [5.74, 6) is -0.417. The van der Waals surface area contributed by atoms with Crippen molar-refractivity contribution in [3.63, 3.8) is 0 Å². The molecule has 2 aliphatic rings. The zero-order valence-corrected chi connectivity index (χ0v) is 15.0. The van der Waals surface area contributed by atoms with E-state index in [0.29, 0.717) is 37.7 Å². The summed E-state index contributed by atoms with van der Waals surface area (Å²) in [5.41, 5.74) is 0.769. The number of para-hydroxylation sites is 1. The molecule has 2 saturated heterocycles. The van der Waals surface area contributed by atoms with E-state index in [4.69, 9.17) is 21.9 Å². The lowest BCUT2D eigenvalue weighted by molar-refractivity contribution is -0.425. The number of hydrogen-bond donors (Lipinski definition) is 0. The van der Waals surface area contributed by atoms with E-state index in [0.717, 1.165) is 3.95 Å². The van der Waals surface area contributed by atoms with E-state index in [1.807, 2.05) is 4.90 Å². The lowest BCUT2D eigenvalue weighted by Crippen LogP contribution is -2.38. The van der Waals surface area contributed by atoms with Crippen molar-refractivity contribution in [3.05, 3.63) is 24.0 Å². The van der Waals surface area contributed by atoms with Crippen LogP contribution in [0.4, 0.5) is 25.4 Å². The van der Waals surface area contributed by atoms with Crippen molar-refractivity contribution < 1.29 is 32.1 Å². The predicted molar refractivity (Wildman–Crippen MR) is 91.9 cm³/mol. The number of carbonyl (C=O) groups excluding carboxylic acids is 2. The molecule has 0 bridgehead atoms.